The molecule has 3 rings (SSSR count). The molecule has 0 bridgehead atoms. The van der Waals surface area contributed by atoms with Gasteiger partial charge in [0.05, 0.1) is 6.10 Å². The highest BCUT2D eigenvalue weighted by molar-refractivity contribution is 9.10. The highest BCUT2D eigenvalue weighted by atomic mass is 79.9. The molecule has 1 unspecified atom stereocenters. The first-order valence-electron chi connectivity index (χ1n) is 7.25. The van der Waals surface area contributed by atoms with Crippen molar-refractivity contribution in [3.05, 3.63) is 69.7 Å². The standard InChI is InChI=1S/C18H19BrO/c19-17-6-1-3-13(11-17)12-18(20)16-9-7-15(8-10-16)14-4-2-5-14/h1,3,6-11,14,18,20H,2,4-5,12H2. The minimum atomic E-state index is -0.431. The van der Waals surface area contributed by atoms with Gasteiger partial charge in [0.1, 0.15) is 0 Å². The number of benzene rings is 2. The third kappa shape index (κ3) is 3.13. The second kappa shape index (κ2) is 6.11. The largest absolute Gasteiger partial charge is 0.388 e. The monoisotopic (exact) mass is 330 g/mol. The maximum atomic E-state index is 10.4. The molecule has 2 aromatic rings. The second-order valence-corrected chi connectivity index (χ2v) is 6.56. The van der Waals surface area contributed by atoms with Gasteiger partial charge in [-0.1, -0.05) is 58.7 Å². The maximum Gasteiger partial charge on any atom is 0.0830 e. The van der Waals surface area contributed by atoms with Crippen LogP contribution in [0.2, 0.25) is 0 Å². The van der Waals surface area contributed by atoms with Crippen LogP contribution in [0.15, 0.2) is 53.0 Å². The second-order valence-electron chi connectivity index (χ2n) is 5.64. The Morgan fingerprint density at radius 3 is 2.45 bits per heavy atom. The van der Waals surface area contributed by atoms with E-state index in [0.29, 0.717) is 6.42 Å². The van der Waals surface area contributed by atoms with Crippen LogP contribution in [0.4, 0.5) is 0 Å². The summed E-state index contributed by atoms with van der Waals surface area (Å²) in [5.41, 5.74) is 3.58. The van der Waals surface area contributed by atoms with Crippen molar-refractivity contribution in [2.75, 3.05) is 0 Å². The lowest BCUT2D eigenvalue weighted by molar-refractivity contribution is 0.178. The number of halogens is 1. The summed E-state index contributed by atoms with van der Waals surface area (Å²) in [6.07, 6.45) is 4.22. The van der Waals surface area contributed by atoms with E-state index in [1.807, 2.05) is 12.1 Å². The number of rotatable bonds is 4. The van der Waals surface area contributed by atoms with Gasteiger partial charge in [-0.3, -0.25) is 0 Å². The molecule has 0 saturated heterocycles. The normalized spacial score (nSPS) is 16.7. The fourth-order valence-corrected chi connectivity index (χ4v) is 3.18. The van der Waals surface area contributed by atoms with Gasteiger partial charge in [0.15, 0.2) is 0 Å². The lowest BCUT2D eigenvalue weighted by Crippen LogP contribution is -2.09. The molecule has 0 aliphatic heterocycles. The Morgan fingerprint density at radius 1 is 1.10 bits per heavy atom. The van der Waals surface area contributed by atoms with Crippen LogP contribution < -0.4 is 0 Å². The molecule has 0 amide bonds. The van der Waals surface area contributed by atoms with E-state index < -0.39 is 6.10 Å². The summed E-state index contributed by atoms with van der Waals surface area (Å²) >= 11 is 3.47. The lowest BCUT2D eigenvalue weighted by atomic mass is 9.80. The quantitative estimate of drug-likeness (QED) is 0.836. The zero-order valence-corrected chi connectivity index (χ0v) is 13.0. The number of hydrogen-bond acceptors (Lipinski definition) is 1. The Balaban J connectivity index is 1.68. The molecule has 2 heteroatoms. The van der Waals surface area contributed by atoms with Crippen LogP contribution in [0.25, 0.3) is 0 Å². The highest BCUT2D eigenvalue weighted by Crippen LogP contribution is 2.36. The number of hydrogen-bond donors (Lipinski definition) is 1. The van der Waals surface area contributed by atoms with Crippen molar-refractivity contribution in [3.63, 3.8) is 0 Å². The van der Waals surface area contributed by atoms with Crippen LogP contribution in [0, 0.1) is 0 Å². The topological polar surface area (TPSA) is 20.2 Å². The van der Waals surface area contributed by atoms with E-state index in [9.17, 15) is 5.11 Å². The van der Waals surface area contributed by atoms with E-state index in [-0.39, 0.29) is 0 Å². The molecular formula is C18H19BrO. The Kier molecular flexibility index (Phi) is 4.23. The molecule has 0 spiro atoms. The fraction of sp³-hybridized carbons (Fsp3) is 0.333. The smallest absolute Gasteiger partial charge is 0.0830 e. The van der Waals surface area contributed by atoms with E-state index in [2.05, 4.69) is 52.3 Å². The van der Waals surface area contributed by atoms with E-state index in [0.717, 1.165) is 21.5 Å². The van der Waals surface area contributed by atoms with E-state index >= 15 is 0 Å². The van der Waals surface area contributed by atoms with Gasteiger partial charge in [0.2, 0.25) is 0 Å². The van der Waals surface area contributed by atoms with Crippen LogP contribution in [-0.2, 0) is 6.42 Å². The van der Waals surface area contributed by atoms with Gasteiger partial charge in [0, 0.05) is 10.9 Å². The molecule has 1 nitrogen and oxygen atoms in total. The summed E-state index contributed by atoms with van der Waals surface area (Å²) in [5, 5.41) is 10.4. The van der Waals surface area contributed by atoms with E-state index in [1.165, 1.54) is 24.8 Å². The molecule has 0 heterocycles. The van der Waals surface area contributed by atoms with E-state index in [1.54, 1.807) is 0 Å². The summed E-state index contributed by atoms with van der Waals surface area (Å²) in [6, 6.07) is 16.6. The summed E-state index contributed by atoms with van der Waals surface area (Å²) < 4.78 is 1.06. The number of aliphatic hydroxyl groups excluding tert-OH is 1. The molecule has 0 radical (unpaired) electrons. The molecular weight excluding hydrogens is 312 g/mol. The molecule has 1 aliphatic carbocycles. The van der Waals surface area contributed by atoms with Gasteiger partial charge in [-0.2, -0.15) is 0 Å². The first-order chi connectivity index (χ1) is 9.72. The Labute approximate surface area is 128 Å². The molecule has 1 N–H and O–H groups in total. The predicted molar refractivity (Wildman–Crippen MR) is 85.8 cm³/mol. The number of aliphatic hydroxyl groups is 1. The molecule has 2 aromatic carbocycles. The Bertz CT molecular complexity index is 572. The van der Waals surface area contributed by atoms with E-state index in [4.69, 9.17) is 0 Å². The van der Waals surface area contributed by atoms with Crippen molar-refractivity contribution in [3.8, 4) is 0 Å². The molecule has 1 atom stereocenters. The zero-order valence-electron chi connectivity index (χ0n) is 11.4. The minimum absolute atomic E-state index is 0.431. The highest BCUT2D eigenvalue weighted by Gasteiger charge is 2.19. The van der Waals surface area contributed by atoms with Crippen molar-refractivity contribution in [1.29, 1.82) is 0 Å². The first kappa shape index (κ1) is 13.8. The first-order valence-corrected chi connectivity index (χ1v) is 8.04. The fourth-order valence-electron chi connectivity index (χ4n) is 2.74. The molecule has 20 heavy (non-hydrogen) atoms. The average Bonchev–Trinajstić information content (AvgIpc) is 2.37. The summed E-state index contributed by atoms with van der Waals surface area (Å²) in [7, 11) is 0. The molecule has 1 saturated carbocycles. The third-order valence-corrected chi connectivity index (χ3v) is 4.71. The van der Waals surface area contributed by atoms with Gasteiger partial charge in [0.25, 0.3) is 0 Å². The van der Waals surface area contributed by atoms with Gasteiger partial charge in [-0.25, -0.2) is 0 Å². The molecule has 1 aliphatic rings. The maximum absolute atomic E-state index is 10.4. The molecule has 104 valence electrons. The predicted octanol–water partition coefficient (Wildman–Crippen LogP) is 4.99. The van der Waals surface area contributed by atoms with Crippen molar-refractivity contribution in [2.45, 2.75) is 37.7 Å². The van der Waals surface area contributed by atoms with Crippen LogP contribution in [-0.4, -0.2) is 5.11 Å². The Morgan fingerprint density at radius 2 is 1.85 bits per heavy atom. The van der Waals surface area contributed by atoms with Gasteiger partial charge in [-0.05, 0) is 47.6 Å². The van der Waals surface area contributed by atoms with Crippen molar-refractivity contribution in [1.82, 2.24) is 0 Å². The van der Waals surface area contributed by atoms with Crippen molar-refractivity contribution >= 4 is 15.9 Å². The van der Waals surface area contributed by atoms with Crippen LogP contribution in [0.1, 0.15) is 48.0 Å². The van der Waals surface area contributed by atoms with Crippen molar-refractivity contribution in [2.24, 2.45) is 0 Å². The lowest BCUT2D eigenvalue weighted by Gasteiger charge is -2.26. The molecule has 0 aromatic heterocycles. The molecule has 1 fully saturated rings. The van der Waals surface area contributed by atoms with Crippen LogP contribution >= 0.6 is 15.9 Å². The van der Waals surface area contributed by atoms with Crippen LogP contribution in [0.3, 0.4) is 0 Å². The van der Waals surface area contributed by atoms with Gasteiger partial charge < -0.3 is 5.11 Å². The average molecular weight is 331 g/mol. The van der Waals surface area contributed by atoms with Crippen molar-refractivity contribution < 1.29 is 5.11 Å². The summed E-state index contributed by atoms with van der Waals surface area (Å²) in [5.74, 6) is 0.756. The third-order valence-electron chi connectivity index (χ3n) is 4.22. The SMILES string of the molecule is OC(Cc1cccc(Br)c1)c1ccc(C2CCC2)cc1. The van der Waals surface area contributed by atoms with Crippen LogP contribution in [0.5, 0.6) is 0 Å². The van der Waals surface area contributed by atoms with Gasteiger partial charge >= 0.3 is 0 Å². The zero-order chi connectivity index (χ0) is 13.9. The van der Waals surface area contributed by atoms with Gasteiger partial charge in [-0.15, -0.1) is 0 Å². The minimum Gasteiger partial charge on any atom is -0.388 e. The summed E-state index contributed by atoms with van der Waals surface area (Å²) in [6.45, 7) is 0. The Hall–Kier alpha value is -1.12. The summed E-state index contributed by atoms with van der Waals surface area (Å²) in [4.78, 5) is 0.